The summed E-state index contributed by atoms with van der Waals surface area (Å²) in [5.41, 5.74) is 17.5. The van der Waals surface area contributed by atoms with Crippen molar-refractivity contribution in [2.24, 2.45) is 11.5 Å². The van der Waals surface area contributed by atoms with E-state index in [1.54, 1.807) is 18.5 Å². The monoisotopic (exact) mass is 520 g/mol. The van der Waals surface area contributed by atoms with E-state index < -0.39 is 0 Å². The maximum Gasteiger partial charge on any atom is 0.161 e. The molecule has 0 aliphatic carbocycles. The van der Waals surface area contributed by atoms with Gasteiger partial charge in [0.15, 0.2) is 5.82 Å². The lowest BCUT2D eigenvalue weighted by Crippen LogP contribution is -2.21. The SMILES string of the molecule is C=C(NC(/C=C\N)=C/N)c1cc2ccc(-c3nccc(Nc4ccc5[nH]ncc5c4)n3)cc2n1CCN(C)C. The fourth-order valence-corrected chi connectivity index (χ4v) is 4.40. The first-order valence-corrected chi connectivity index (χ1v) is 12.5. The Hall–Kier alpha value is -5.09. The van der Waals surface area contributed by atoms with Crippen LogP contribution in [0.2, 0.25) is 0 Å². The molecule has 0 amide bonds. The van der Waals surface area contributed by atoms with Crippen LogP contribution in [0.1, 0.15) is 5.69 Å². The molecule has 0 unspecified atom stereocenters. The van der Waals surface area contributed by atoms with Crippen molar-refractivity contribution in [1.29, 1.82) is 0 Å². The minimum Gasteiger partial charge on any atom is -0.405 e. The Bertz CT molecular complexity index is 1690. The van der Waals surface area contributed by atoms with E-state index in [4.69, 9.17) is 16.5 Å². The van der Waals surface area contributed by atoms with E-state index in [2.05, 4.69) is 74.2 Å². The number of nitrogens with zero attached hydrogens (tertiary/aromatic N) is 5. The van der Waals surface area contributed by atoms with Crippen molar-refractivity contribution in [2.45, 2.75) is 6.54 Å². The minimum atomic E-state index is 0.631. The van der Waals surface area contributed by atoms with Crippen LogP contribution in [0.15, 0.2) is 91.7 Å². The summed E-state index contributed by atoms with van der Waals surface area (Å²) in [6.45, 7) is 5.89. The molecule has 0 bridgehead atoms. The van der Waals surface area contributed by atoms with Crippen molar-refractivity contribution in [2.75, 3.05) is 26.0 Å². The molecule has 7 N–H and O–H groups in total. The van der Waals surface area contributed by atoms with E-state index in [1.165, 1.54) is 12.4 Å². The van der Waals surface area contributed by atoms with Crippen molar-refractivity contribution in [3.05, 3.63) is 97.4 Å². The van der Waals surface area contributed by atoms with Gasteiger partial charge in [-0.1, -0.05) is 18.7 Å². The van der Waals surface area contributed by atoms with Gasteiger partial charge in [0.25, 0.3) is 0 Å². The summed E-state index contributed by atoms with van der Waals surface area (Å²) in [5.74, 6) is 1.34. The van der Waals surface area contributed by atoms with E-state index >= 15 is 0 Å². The number of anilines is 2. The second-order valence-electron chi connectivity index (χ2n) is 9.41. The molecular weight excluding hydrogens is 488 g/mol. The Labute approximate surface area is 226 Å². The Kier molecular flexibility index (Phi) is 7.28. The molecule has 5 aromatic rings. The molecule has 0 atom stereocenters. The van der Waals surface area contributed by atoms with Crippen LogP contribution in [0.4, 0.5) is 11.5 Å². The van der Waals surface area contributed by atoms with Gasteiger partial charge in [0, 0.05) is 53.0 Å². The first-order valence-electron chi connectivity index (χ1n) is 12.5. The zero-order chi connectivity index (χ0) is 27.4. The molecule has 39 heavy (non-hydrogen) atoms. The molecule has 2 aromatic carbocycles. The molecule has 5 rings (SSSR count). The number of aromatic amines is 1. The van der Waals surface area contributed by atoms with Crippen LogP contribution >= 0.6 is 0 Å². The van der Waals surface area contributed by atoms with Crippen LogP contribution < -0.4 is 22.1 Å². The maximum absolute atomic E-state index is 5.75. The number of aromatic nitrogens is 5. The van der Waals surface area contributed by atoms with Gasteiger partial charge in [-0.05, 0) is 62.8 Å². The summed E-state index contributed by atoms with van der Waals surface area (Å²) in [7, 11) is 4.11. The molecule has 0 saturated heterocycles. The third kappa shape index (κ3) is 5.60. The van der Waals surface area contributed by atoms with E-state index in [1.807, 2.05) is 30.3 Å². The Morgan fingerprint density at radius 2 is 1.97 bits per heavy atom. The van der Waals surface area contributed by atoms with E-state index in [0.717, 1.165) is 57.5 Å². The van der Waals surface area contributed by atoms with Crippen LogP contribution in [0.3, 0.4) is 0 Å². The highest BCUT2D eigenvalue weighted by atomic mass is 15.1. The van der Waals surface area contributed by atoms with Gasteiger partial charge in [0.2, 0.25) is 0 Å². The molecule has 0 fully saturated rings. The number of allylic oxidation sites excluding steroid dienone is 1. The average molecular weight is 521 g/mol. The second-order valence-corrected chi connectivity index (χ2v) is 9.41. The van der Waals surface area contributed by atoms with E-state index in [0.29, 0.717) is 17.3 Å². The van der Waals surface area contributed by atoms with Crippen molar-refractivity contribution >= 4 is 39.0 Å². The molecule has 0 radical (unpaired) electrons. The maximum atomic E-state index is 5.75. The molecule has 10 nitrogen and oxygen atoms in total. The summed E-state index contributed by atoms with van der Waals surface area (Å²) in [4.78, 5) is 11.5. The summed E-state index contributed by atoms with van der Waals surface area (Å²) >= 11 is 0. The van der Waals surface area contributed by atoms with Crippen molar-refractivity contribution in [3.8, 4) is 11.4 Å². The van der Waals surface area contributed by atoms with Gasteiger partial charge in [-0.2, -0.15) is 5.10 Å². The zero-order valence-electron chi connectivity index (χ0n) is 22.0. The highest BCUT2D eigenvalue weighted by molar-refractivity contribution is 5.89. The zero-order valence-corrected chi connectivity index (χ0v) is 22.0. The minimum absolute atomic E-state index is 0.631. The fraction of sp³-hybridized carbons (Fsp3) is 0.138. The van der Waals surface area contributed by atoms with Gasteiger partial charge in [-0.25, -0.2) is 9.97 Å². The van der Waals surface area contributed by atoms with Crippen LogP contribution in [0.25, 0.3) is 38.9 Å². The molecule has 3 aromatic heterocycles. The summed E-state index contributed by atoms with van der Waals surface area (Å²) in [5, 5.41) is 15.8. The lowest BCUT2D eigenvalue weighted by Gasteiger charge is -2.17. The largest absolute Gasteiger partial charge is 0.405 e. The Morgan fingerprint density at radius 3 is 2.77 bits per heavy atom. The third-order valence-corrected chi connectivity index (χ3v) is 6.36. The number of benzene rings is 2. The highest BCUT2D eigenvalue weighted by Gasteiger charge is 2.14. The van der Waals surface area contributed by atoms with Crippen molar-refractivity contribution in [1.82, 2.24) is 34.9 Å². The average Bonchev–Trinajstić information content (AvgIpc) is 3.55. The van der Waals surface area contributed by atoms with Gasteiger partial charge in [-0.3, -0.25) is 5.10 Å². The number of rotatable bonds is 10. The molecular formula is C29H32N10. The molecule has 10 heteroatoms. The number of H-pyrrole nitrogens is 1. The summed E-state index contributed by atoms with van der Waals surface area (Å²) < 4.78 is 2.25. The first-order chi connectivity index (χ1) is 18.9. The molecule has 3 heterocycles. The molecule has 0 saturated carbocycles. The van der Waals surface area contributed by atoms with Gasteiger partial charge in [0.05, 0.1) is 28.8 Å². The predicted molar refractivity (Wildman–Crippen MR) is 159 cm³/mol. The normalized spacial score (nSPS) is 12.1. The highest BCUT2D eigenvalue weighted by Crippen LogP contribution is 2.29. The molecule has 0 spiro atoms. The number of hydrogen-bond acceptors (Lipinski definition) is 8. The number of likely N-dealkylation sites (N-methyl/N-ethyl adjacent to an activating group) is 1. The van der Waals surface area contributed by atoms with Crippen molar-refractivity contribution in [3.63, 3.8) is 0 Å². The van der Waals surface area contributed by atoms with Gasteiger partial charge >= 0.3 is 0 Å². The lowest BCUT2D eigenvalue weighted by molar-refractivity contribution is 0.386. The van der Waals surface area contributed by atoms with Gasteiger partial charge in [-0.15, -0.1) is 0 Å². The lowest BCUT2D eigenvalue weighted by atomic mass is 10.1. The van der Waals surface area contributed by atoms with E-state index in [-0.39, 0.29) is 0 Å². The topological polar surface area (TPSA) is 139 Å². The summed E-state index contributed by atoms with van der Waals surface area (Å²) in [6, 6.07) is 16.2. The fourth-order valence-electron chi connectivity index (χ4n) is 4.40. The van der Waals surface area contributed by atoms with E-state index in [9.17, 15) is 0 Å². The van der Waals surface area contributed by atoms with Gasteiger partial charge in [0.1, 0.15) is 5.82 Å². The smallest absolute Gasteiger partial charge is 0.161 e. The standard InChI is InChI=1S/C29H32N10/c1-19(34-24(17-31)8-10-30)26-15-20-4-5-21(16-27(20)39(26)13-12-38(2)3)29-32-11-9-28(36-29)35-23-6-7-25-22(14-23)18-33-37-25/h4-11,14-18,34H,1,12-13,30-31H2,2-3H3,(H,33,37)(H,32,35,36)/b10-8-,24-17+. The van der Waals surface area contributed by atoms with Crippen LogP contribution in [-0.2, 0) is 6.54 Å². The van der Waals surface area contributed by atoms with Crippen LogP contribution in [0, 0.1) is 0 Å². The quantitative estimate of drug-likeness (QED) is 0.173. The third-order valence-electron chi connectivity index (χ3n) is 6.36. The summed E-state index contributed by atoms with van der Waals surface area (Å²) in [6.07, 6.45) is 8.16. The number of hydrogen-bond donors (Lipinski definition) is 5. The Morgan fingerprint density at radius 1 is 1.10 bits per heavy atom. The predicted octanol–water partition coefficient (Wildman–Crippen LogP) is 4.11. The molecule has 0 aliphatic rings. The molecule has 198 valence electrons. The van der Waals surface area contributed by atoms with Crippen molar-refractivity contribution < 1.29 is 0 Å². The Balaban J connectivity index is 1.48. The van der Waals surface area contributed by atoms with Crippen LogP contribution in [-0.4, -0.2) is 50.3 Å². The number of nitrogens with two attached hydrogens (primary N) is 2. The number of fused-ring (bicyclic) bond motifs is 2. The number of nitrogens with one attached hydrogen (secondary N) is 3. The second kappa shape index (κ2) is 11.1. The van der Waals surface area contributed by atoms with Gasteiger partial charge < -0.3 is 31.6 Å². The molecule has 0 aliphatic heterocycles. The van der Waals surface area contributed by atoms with Crippen LogP contribution in [0.5, 0.6) is 0 Å². The first kappa shape index (κ1) is 25.6.